The van der Waals surface area contributed by atoms with Crippen LogP contribution in [0.4, 0.5) is 11.6 Å². The Labute approximate surface area is 164 Å². The van der Waals surface area contributed by atoms with E-state index in [2.05, 4.69) is 25.5 Å². The predicted molar refractivity (Wildman–Crippen MR) is 105 cm³/mol. The monoisotopic (exact) mass is 387 g/mol. The van der Waals surface area contributed by atoms with E-state index in [1.165, 1.54) is 13.4 Å². The summed E-state index contributed by atoms with van der Waals surface area (Å²) in [5.74, 6) is 2.51. The number of amides is 1. The Hall–Kier alpha value is -3.07. The summed E-state index contributed by atoms with van der Waals surface area (Å²) in [6, 6.07) is 6.96. The minimum absolute atomic E-state index is 0.181. The van der Waals surface area contributed by atoms with Crippen LogP contribution >= 0.6 is 0 Å². The Morgan fingerprint density at radius 1 is 1.11 bits per heavy atom. The maximum absolute atomic E-state index is 12.3. The fourth-order valence-corrected chi connectivity index (χ4v) is 2.86. The Kier molecular flexibility index (Phi) is 6.85. The fourth-order valence-electron chi connectivity index (χ4n) is 2.86. The maximum Gasteiger partial charge on any atom is 0.251 e. The van der Waals surface area contributed by atoms with Crippen molar-refractivity contribution in [1.82, 2.24) is 15.3 Å². The zero-order valence-corrected chi connectivity index (χ0v) is 16.1. The van der Waals surface area contributed by atoms with Gasteiger partial charge in [0.1, 0.15) is 18.0 Å². The molecule has 1 aliphatic heterocycles. The summed E-state index contributed by atoms with van der Waals surface area (Å²) in [5.41, 5.74) is 0.509. The zero-order chi connectivity index (χ0) is 19.8. The number of carbonyl (C=O) groups is 1. The van der Waals surface area contributed by atoms with Crippen molar-refractivity contribution in [2.45, 2.75) is 0 Å². The van der Waals surface area contributed by atoms with Gasteiger partial charge in [-0.05, 0) is 18.2 Å². The van der Waals surface area contributed by atoms with Gasteiger partial charge in [-0.2, -0.15) is 0 Å². The highest BCUT2D eigenvalue weighted by atomic mass is 16.5. The molecule has 9 nitrogen and oxygen atoms in total. The van der Waals surface area contributed by atoms with Crippen LogP contribution in [0.15, 0.2) is 30.6 Å². The molecule has 1 aromatic carbocycles. The number of aromatic nitrogens is 2. The van der Waals surface area contributed by atoms with Crippen LogP contribution in [0, 0.1) is 0 Å². The molecule has 1 fully saturated rings. The van der Waals surface area contributed by atoms with Crippen LogP contribution in [0.2, 0.25) is 0 Å². The van der Waals surface area contributed by atoms with Crippen molar-refractivity contribution < 1.29 is 19.0 Å². The summed E-state index contributed by atoms with van der Waals surface area (Å²) >= 11 is 0. The Morgan fingerprint density at radius 2 is 1.89 bits per heavy atom. The topological polar surface area (TPSA) is 97.8 Å². The third-order valence-corrected chi connectivity index (χ3v) is 4.35. The second-order valence-corrected chi connectivity index (χ2v) is 6.11. The number of carbonyl (C=O) groups excluding carboxylic acids is 1. The lowest BCUT2D eigenvalue weighted by Crippen LogP contribution is -2.36. The first-order chi connectivity index (χ1) is 13.7. The molecular weight excluding hydrogens is 362 g/mol. The number of benzene rings is 1. The molecule has 0 unspecified atom stereocenters. The summed E-state index contributed by atoms with van der Waals surface area (Å²) in [6.07, 6.45) is 1.54. The molecule has 3 rings (SSSR count). The van der Waals surface area contributed by atoms with E-state index in [-0.39, 0.29) is 5.91 Å². The van der Waals surface area contributed by atoms with E-state index >= 15 is 0 Å². The van der Waals surface area contributed by atoms with Crippen molar-refractivity contribution in [1.29, 1.82) is 0 Å². The lowest BCUT2D eigenvalue weighted by molar-refractivity contribution is 0.0954. The molecule has 150 valence electrons. The largest absolute Gasteiger partial charge is 0.493 e. The number of hydrogen-bond donors (Lipinski definition) is 2. The third-order valence-electron chi connectivity index (χ3n) is 4.35. The van der Waals surface area contributed by atoms with E-state index in [1.807, 2.05) is 6.07 Å². The Morgan fingerprint density at radius 3 is 2.64 bits per heavy atom. The van der Waals surface area contributed by atoms with Crippen molar-refractivity contribution in [2.75, 3.05) is 63.8 Å². The van der Waals surface area contributed by atoms with Crippen molar-refractivity contribution in [3.05, 3.63) is 36.2 Å². The van der Waals surface area contributed by atoms with Gasteiger partial charge in [0.15, 0.2) is 11.5 Å². The molecule has 0 saturated carbocycles. The SMILES string of the molecule is COc1ccc(C(=O)NCCNc2cc(N3CCOCC3)ncn2)cc1OC. The average molecular weight is 387 g/mol. The number of hydrogen-bond acceptors (Lipinski definition) is 8. The second-order valence-electron chi connectivity index (χ2n) is 6.11. The van der Waals surface area contributed by atoms with Crippen LogP contribution in [0.1, 0.15) is 10.4 Å². The fraction of sp³-hybridized carbons (Fsp3) is 0.421. The van der Waals surface area contributed by atoms with E-state index in [4.69, 9.17) is 14.2 Å². The molecule has 0 spiro atoms. The maximum atomic E-state index is 12.3. The Bertz CT molecular complexity index is 796. The minimum atomic E-state index is -0.181. The summed E-state index contributed by atoms with van der Waals surface area (Å²) < 4.78 is 15.8. The number of anilines is 2. The van der Waals surface area contributed by atoms with Crippen molar-refractivity contribution in [3.63, 3.8) is 0 Å². The van der Waals surface area contributed by atoms with Crippen LogP contribution < -0.4 is 25.0 Å². The summed E-state index contributed by atoms with van der Waals surface area (Å²) in [6.45, 7) is 4.03. The molecule has 2 heterocycles. The van der Waals surface area contributed by atoms with Gasteiger partial charge in [-0.25, -0.2) is 9.97 Å². The quantitative estimate of drug-likeness (QED) is 0.652. The van der Waals surface area contributed by atoms with Crippen LogP contribution in [0.5, 0.6) is 11.5 Å². The van der Waals surface area contributed by atoms with Crippen molar-refractivity contribution in [3.8, 4) is 11.5 Å². The number of rotatable bonds is 8. The smallest absolute Gasteiger partial charge is 0.251 e. The highest BCUT2D eigenvalue weighted by molar-refractivity contribution is 5.94. The van der Waals surface area contributed by atoms with E-state index < -0.39 is 0 Å². The molecule has 2 N–H and O–H groups in total. The number of nitrogens with one attached hydrogen (secondary N) is 2. The Balaban J connectivity index is 1.48. The molecule has 0 bridgehead atoms. The molecule has 1 aliphatic rings. The van der Waals surface area contributed by atoms with Gasteiger partial charge in [0.25, 0.3) is 5.91 Å². The van der Waals surface area contributed by atoms with Crippen LogP contribution in [0.25, 0.3) is 0 Å². The molecular formula is C19H25N5O4. The summed E-state index contributed by atoms with van der Waals surface area (Å²) in [4.78, 5) is 23.0. The normalized spacial score (nSPS) is 13.7. The molecule has 1 aromatic heterocycles. The minimum Gasteiger partial charge on any atom is -0.493 e. The molecule has 0 aliphatic carbocycles. The van der Waals surface area contributed by atoms with E-state index in [0.29, 0.717) is 43.4 Å². The second kappa shape index (κ2) is 9.75. The van der Waals surface area contributed by atoms with E-state index in [0.717, 1.165) is 24.7 Å². The van der Waals surface area contributed by atoms with E-state index in [9.17, 15) is 4.79 Å². The molecule has 0 radical (unpaired) electrons. The van der Waals surface area contributed by atoms with Crippen LogP contribution in [-0.2, 0) is 4.74 Å². The number of methoxy groups -OCH3 is 2. The molecule has 28 heavy (non-hydrogen) atoms. The van der Waals surface area contributed by atoms with Crippen molar-refractivity contribution in [2.24, 2.45) is 0 Å². The predicted octanol–water partition coefficient (Wildman–Crippen LogP) is 1.17. The molecule has 0 atom stereocenters. The average Bonchev–Trinajstić information content (AvgIpc) is 2.76. The van der Waals surface area contributed by atoms with Gasteiger partial charge >= 0.3 is 0 Å². The van der Waals surface area contributed by atoms with Crippen LogP contribution in [-0.4, -0.2) is 69.5 Å². The lowest BCUT2D eigenvalue weighted by atomic mass is 10.2. The number of morpholine rings is 1. The van der Waals surface area contributed by atoms with Gasteiger partial charge in [0, 0.05) is 37.8 Å². The standard InChI is InChI=1S/C19H25N5O4/c1-26-15-4-3-14(11-16(15)27-2)19(25)21-6-5-20-17-12-18(23-13-22-17)24-7-9-28-10-8-24/h3-4,11-13H,5-10H2,1-2H3,(H,21,25)(H,20,22,23). The van der Waals surface area contributed by atoms with Gasteiger partial charge in [-0.1, -0.05) is 0 Å². The third kappa shape index (κ3) is 5.01. The van der Waals surface area contributed by atoms with Gasteiger partial charge in [-0.3, -0.25) is 4.79 Å². The highest BCUT2D eigenvalue weighted by Gasteiger charge is 2.13. The van der Waals surface area contributed by atoms with Gasteiger partial charge in [0.05, 0.1) is 27.4 Å². The van der Waals surface area contributed by atoms with E-state index in [1.54, 1.807) is 25.3 Å². The molecule has 1 amide bonds. The number of ether oxygens (including phenoxy) is 3. The number of nitrogens with zero attached hydrogens (tertiary/aromatic N) is 3. The first kappa shape index (κ1) is 19.7. The van der Waals surface area contributed by atoms with Gasteiger partial charge in [-0.15, -0.1) is 0 Å². The lowest BCUT2D eigenvalue weighted by Gasteiger charge is -2.27. The van der Waals surface area contributed by atoms with Crippen molar-refractivity contribution >= 4 is 17.5 Å². The molecule has 1 saturated heterocycles. The van der Waals surface area contributed by atoms with Crippen LogP contribution in [0.3, 0.4) is 0 Å². The zero-order valence-electron chi connectivity index (χ0n) is 16.1. The molecule has 2 aromatic rings. The first-order valence-electron chi connectivity index (χ1n) is 9.10. The summed E-state index contributed by atoms with van der Waals surface area (Å²) in [7, 11) is 3.09. The van der Waals surface area contributed by atoms with Gasteiger partial charge < -0.3 is 29.7 Å². The first-order valence-corrected chi connectivity index (χ1v) is 9.10. The van der Waals surface area contributed by atoms with Gasteiger partial charge in [0.2, 0.25) is 0 Å². The highest BCUT2D eigenvalue weighted by Crippen LogP contribution is 2.27. The summed E-state index contributed by atoms with van der Waals surface area (Å²) in [5, 5.41) is 6.07. The molecule has 9 heteroatoms.